The molecule has 3 aliphatic rings. The number of fused-ring (bicyclic) bond motifs is 3. The molecule has 1 aliphatic carbocycles. The average Bonchev–Trinajstić information content (AvgIpc) is 3.03. The van der Waals surface area contributed by atoms with Gasteiger partial charge in [-0.3, -0.25) is 0 Å². The zero-order valence-corrected chi connectivity index (χ0v) is 19.7. The maximum Gasteiger partial charge on any atom is 0.261 e. The van der Waals surface area contributed by atoms with Gasteiger partial charge < -0.3 is 9.16 Å². The van der Waals surface area contributed by atoms with Gasteiger partial charge in [-0.1, -0.05) is 60.1 Å². The Kier molecular flexibility index (Phi) is 4.42. The molecule has 1 saturated carbocycles. The normalized spacial score (nSPS) is 35.3. The third-order valence-corrected chi connectivity index (χ3v) is 11.9. The maximum absolute atomic E-state index is 6.65. The van der Waals surface area contributed by atoms with Crippen LogP contribution in [0.1, 0.15) is 66.4 Å². The third kappa shape index (κ3) is 2.59. The standard InChI is InChI=1S/C23H36O4Si/c1-20(2,3)22-18-13-10-14-19(18)24-23(22,27-26-22)16-11-9-12-17(15-16)25-28(7,8)21(4,5)6/h9,11-12,15,18-19H,10,13-14H2,1-8H3/t18-,19+,22-,23+/m1/s1. The fraction of sp³-hybridized carbons (Fsp3) is 0.739. The minimum atomic E-state index is -1.92. The van der Waals surface area contributed by atoms with E-state index in [0.717, 1.165) is 24.2 Å². The van der Waals surface area contributed by atoms with Gasteiger partial charge in [0.05, 0.1) is 6.10 Å². The van der Waals surface area contributed by atoms with Gasteiger partial charge in [0, 0.05) is 16.9 Å². The van der Waals surface area contributed by atoms with Gasteiger partial charge in [-0.2, -0.15) is 4.89 Å². The highest BCUT2D eigenvalue weighted by Crippen LogP contribution is 2.69. The highest BCUT2D eigenvalue weighted by Gasteiger charge is 2.81. The lowest BCUT2D eigenvalue weighted by Gasteiger charge is -2.58. The largest absolute Gasteiger partial charge is 0.543 e. The van der Waals surface area contributed by atoms with Gasteiger partial charge in [0.1, 0.15) is 5.75 Å². The zero-order valence-electron chi connectivity index (χ0n) is 18.7. The number of ether oxygens (including phenoxy) is 1. The first kappa shape index (κ1) is 20.4. The molecule has 2 aliphatic heterocycles. The monoisotopic (exact) mass is 404 g/mol. The van der Waals surface area contributed by atoms with Crippen molar-refractivity contribution >= 4 is 8.32 Å². The Bertz CT molecular complexity index is 763. The quantitative estimate of drug-likeness (QED) is 0.446. The van der Waals surface area contributed by atoms with E-state index in [0.29, 0.717) is 5.92 Å². The second-order valence-corrected chi connectivity index (χ2v) is 16.1. The predicted octanol–water partition coefficient (Wildman–Crippen LogP) is 6.17. The molecular formula is C23H36O4Si. The summed E-state index contributed by atoms with van der Waals surface area (Å²) < 4.78 is 13.2. The van der Waals surface area contributed by atoms with Crippen molar-refractivity contribution in [2.45, 2.75) is 96.4 Å². The number of hydrogen-bond donors (Lipinski definition) is 0. The molecule has 2 heterocycles. The molecule has 4 rings (SSSR count). The summed E-state index contributed by atoms with van der Waals surface area (Å²) >= 11 is 0. The second kappa shape index (κ2) is 6.07. The van der Waals surface area contributed by atoms with Crippen LogP contribution in [0.5, 0.6) is 5.75 Å². The fourth-order valence-electron chi connectivity index (χ4n) is 5.08. The van der Waals surface area contributed by atoms with Gasteiger partial charge in [-0.05, 0) is 43.1 Å². The molecule has 2 saturated heterocycles. The Morgan fingerprint density at radius 2 is 1.75 bits per heavy atom. The molecule has 156 valence electrons. The zero-order chi connectivity index (χ0) is 20.6. The highest BCUT2D eigenvalue weighted by molar-refractivity contribution is 6.74. The average molecular weight is 405 g/mol. The number of rotatable bonds is 3. The fourth-order valence-corrected chi connectivity index (χ4v) is 6.11. The van der Waals surface area contributed by atoms with Crippen LogP contribution < -0.4 is 4.43 Å². The van der Waals surface area contributed by atoms with Crippen LogP contribution in [0, 0.1) is 11.3 Å². The van der Waals surface area contributed by atoms with Crippen molar-refractivity contribution in [3.05, 3.63) is 29.8 Å². The summed E-state index contributed by atoms with van der Waals surface area (Å²) in [5, 5.41) is 0.146. The summed E-state index contributed by atoms with van der Waals surface area (Å²) in [5.41, 5.74) is 0.446. The summed E-state index contributed by atoms with van der Waals surface area (Å²) in [6.45, 7) is 18.1. The topological polar surface area (TPSA) is 36.9 Å². The summed E-state index contributed by atoms with van der Waals surface area (Å²) in [4.78, 5) is 11.9. The molecule has 4 atom stereocenters. The van der Waals surface area contributed by atoms with E-state index in [-0.39, 0.29) is 16.6 Å². The molecule has 0 spiro atoms. The summed E-state index contributed by atoms with van der Waals surface area (Å²) in [6, 6.07) is 8.32. The summed E-state index contributed by atoms with van der Waals surface area (Å²) in [5.74, 6) is 0.428. The molecule has 0 unspecified atom stereocenters. The maximum atomic E-state index is 6.65. The smallest absolute Gasteiger partial charge is 0.261 e. The third-order valence-electron chi connectivity index (χ3n) is 7.58. The van der Waals surface area contributed by atoms with E-state index in [1.807, 2.05) is 0 Å². The van der Waals surface area contributed by atoms with Crippen molar-refractivity contribution in [2.24, 2.45) is 11.3 Å². The SMILES string of the molecule is CC(C)(C)[C@@]12OO[C@]1(c1cccc(O[Si](C)(C)C(C)(C)C)c1)O[C@H]1CCC[C@H]12. The highest BCUT2D eigenvalue weighted by atomic mass is 28.4. The molecule has 28 heavy (non-hydrogen) atoms. The lowest BCUT2D eigenvalue weighted by atomic mass is 9.62. The van der Waals surface area contributed by atoms with Gasteiger partial charge in [0.25, 0.3) is 5.79 Å². The Balaban J connectivity index is 1.73. The first-order valence-corrected chi connectivity index (χ1v) is 13.6. The van der Waals surface area contributed by atoms with E-state index in [9.17, 15) is 0 Å². The van der Waals surface area contributed by atoms with Crippen molar-refractivity contribution in [2.75, 3.05) is 0 Å². The van der Waals surface area contributed by atoms with E-state index in [4.69, 9.17) is 18.9 Å². The molecule has 0 radical (unpaired) electrons. The minimum Gasteiger partial charge on any atom is -0.543 e. The van der Waals surface area contributed by atoms with Crippen molar-refractivity contribution < 1.29 is 18.9 Å². The Morgan fingerprint density at radius 1 is 1.04 bits per heavy atom. The molecule has 0 aromatic heterocycles. The minimum absolute atomic E-state index is 0.106. The molecule has 0 amide bonds. The summed E-state index contributed by atoms with van der Waals surface area (Å²) in [7, 11) is -1.92. The van der Waals surface area contributed by atoms with E-state index >= 15 is 0 Å². The van der Waals surface area contributed by atoms with Gasteiger partial charge >= 0.3 is 0 Å². The number of benzene rings is 1. The Hall–Kier alpha value is -0.883. The van der Waals surface area contributed by atoms with Crippen LogP contribution in [0.2, 0.25) is 18.1 Å². The Morgan fingerprint density at radius 3 is 2.32 bits per heavy atom. The van der Waals surface area contributed by atoms with Crippen molar-refractivity contribution in [3.8, 4) is 5.75 Å². The van der Waals surface area contributed by atoms with Crippen LogP contribution in [0.4, 0.5) is 0 Å². The van der Waals surface area contributed by atoms with Crippen LogP contribution in [-0.4, -0.2) is 20.0 Å². The van der Waals surface area contributed by atoms with Crippen molar-refractivity contribution in [3.63, 3.8) is 0 Å². The molecular weight excluding hydrogens is 368 g/mol. The van der Waals surface area contributed by atoms with Crippen molar-refractivity contribution in [1.29, 1.82) is 0 Å². The van der Waals surface area contributed by atoms with E-state index < -0.39 is 19.7 Å². The van der Waals surface area contributed by atoms with Crippen molar-refractivity contribution in [1.82, 2.24) is 0 Å². The van der Waals surface area contributed by atoms with Gasteiger partial charge in [-0.15, -0.1) is 0 Å². The molecule has 1 aromatic rings. The van der Waals surface area contributed by atoms with E-state index in [2.05, 4.69) is 78.9 Å². The molecule has 3 fully saturated rings. The van der Waals surface area contributed by atoms with E-state index in [1.165, 1.54) is 6.42 Å². The molecule has 0 N–H and O–H groups in total. The van der Waals surface area contributed by atoms with Crippen LogP contribution in [0.25, 0.3) is 0 Å². The van der Waals surface area contributed by atoms with Gasteiger partial charge in [0.15, 0.2) is 5.60 Å². The Labute approximate surface area is 171 Å². The molecule has 5 heteroatoms. The first-order valence-electron chi connectivity index (χ1n) is 10.7. The molecule has 4 nitrogen and oxygen atoms in total. The molecule has 0 bridgehead atoms. The lowest BCUT2D eigenvalue weighted by molar-refractivity contribution is -0.623. The van der Waals surface area contributed by atoms with Gasteiger partial charge in [0.2, 0.25) is 8.32 Å². The molecule has 1 aromatic carbocycles. The predicted molar refractivity (Wildman–Crippen MR) is 113 cm³/mol. The van der Waals surface area contributed by atoms with Crippen LogP contribution in [-0.2, 0) is 20.3 Å². The lowest BCUT2D eigenvalue weighted by Crippen LogP contribution is -2.70. The number of hydrogen-bond acceptors (Lipinski definition) is 4. The first-order chi connectivity index (χ1) is 12.8. The summed E-state index contributed by atoms with van der Waals surface area (Å²) in [6.07, 6.45) is 3.61. The second-order valence-electron chi connectivity index (χ2n) is 11.4. The van der Waals surface area contributed by atoms with Crippen LogP contribution in [0.3, 0.4) is 0 Å². The van der Waals surface area contributed by atoms with E-state index in [1.54, 1.807) is 0 Å². The van der Waals surface area contributed by atoms with Crippen LogP contribution in [0.15, 0.2) is 24.3 Å². The van der Waals surface area contributed by atoms with Crippen LogP contribution >= 0.6 is 0 Å². The van der Waals surface area contributed by atoms with Gasteiger partial charge in [-0.25, -0.2) is 4.89 Å².